The van der Waals surface area contributed by atoms with Crippen molar-refractivity contribution in [3.05, 3.63) is 24.7 Å². The number of anilines is 1. The molecule has 5 nitrogen and oxygen atoms in total. The van der Waals surface area contributed by atoms with Crippen LogP contribution in [0.4, 0.5) is 5.82 Å². The van der Waals surface area contributed by atoms with Crippen molar-refractivity contribution in [2.45, 2.75) is 0 Å². The molecule has 0 saturated carbocycles. The third kappa shape index (κ3) is 1.44. The second kappa shape index (κ2) is 3.45. The van der Waals surface area contributed by atoms with Crippen LogP contribution in [0.25, 0.3) is 11.4 Å². The standard InChI is InChI=1S/C9H11N5/c1-10-9-6-11-5-7(13-9)8-3-4-12-14(8)2/h3-6H,1-2H3,(H,10,13). The quantitative estimate of drug-likeness (QED) is 0.763. The van der Waals surface area contributed by atoms with Gasteiger partial charge in [0.1, 0.15) is 11.5 Å². The predicted octanol–water partition coefficient (Wildman–Crippen LogP) is 0.919. The molecule has 0 unspecified atom stereocenters. The fourth-order valence-electron chi connectivity index (χ4n) is 1.23. The van der Waals surface area contributed by atoms with Gasteiger partial charge in [0.15, 0.2) is 0 Å². The Labute approximate surface area is 81.8 Å². The van der Waals surface area contributed by atoms with E-state index >= 15 is 0 Å². The molecule has 0 spiro atoms. The van der Waals surface area contributed by atoms with E-state index in [0.717, 1.165) is 17.2 Å². The molecule has 0 atom stereocenters. The van der Waals surface area contributed by atoms with E-state index in [1.807, 2.05) is 20.2 Å². The molecule has 2 aromatic rings. The van der Waals surface area contributed by atoms with Crippen molar-refractivity contribution in [3.8, 4) is 11.4 Å². The number of nitrogens with zero attached hydrogens (tertiary/aromatic N) is 4. The van der Waals surface area contributed by atoms with Gasteiger partial charge in [-0.15, -0.1) is 0 Å². The van der Waals surface area contributed by atoms with Gasteiger partial charge in [-0.05, 0) is 6.07 Å². The molecule has 0 radical (unpaired) electrons. The van der Waals surface area contributed by atoms with E-state index < -0.39 is 0 Å². The molecule has 1 N–H and O–H groups in total. The lowest BCUT2D eigenvalue weighted by atomic mass is 10.3. The SMILES string of the molecule is CNc1cncc(-c2ccnn2C)n1. The molecule has 0 fully saturated rings. The van der Waals surface area contributed by atoms with Crippen LogP contribution >= 0.6 is 0 Å². The van der Waals surface area contributed by atoms with E-state index in [0.29, 0.717) is 0 Å². The maximum atomic E-state index is 4.36. The highest BCUT2D eigenvalue weighted by Crippen LogP contribution is 2.15. The van der Waals surface area contributed by atoms with Crippen LogP contribution in [-0.4, -0.2) is 26.8 Å². The van der Waals surface area contributed by atoms with Crippen LogP contribution in [0.15, 0.2) is 24.7 Å². The van der Waals surface area contributed by atoms with Gasteiger partial charge in [-0.1, -0.05) is 0 Å². The normalized spacial score (nSPS) is 10.1. The number of hydrogen-bond donors (Lipinski definition) is 1. The van der Waals surface area contributed by atoms with Crippen LogP contribution in [0.1, 0.15) is 0 Å². The second-order valence-corrected chi connectivity index (χ2v) is 2.88. The van der Waals surface area contributed by atoms with E-state index in [1.54, 1.807) is 23.3 Å². The molecule has 0 saturated heterocycles. The van der Waals surface area contributed by atoms with E-state index in [9.17, 15) is 0 Å². The Bertz CT molecular complexity index is 434. The molecule has 0 aliphatic rings. The minimum absolute atomic E-state index is 0.753. The highest BCUT2D eigenvalue weighted by Gasteiger charge is 2.04. The van der Waals surface area contributed by atoms with Crippen LogP contribution in [0, 0.1) is 0 Å². The molecule has 2 heterocycles. The summed E-state index contributed by atoms with van der Waals surface area (Å²) in [6.45, 7) is 0. The Morgan fingerprint density at radius 2 is 2.21 bits per heavy atom. The summed E-state index contributed by atoms with van der Waals surface area (Å²) in [5, 5.41) is 7.02. The minimum atomic E-state index is 0.753. The van der Waals surface area contributed by atoms with Crippen molar-refractivity contribution in [1.82, 2.24) is 19.7 Å². The summed E-state index contributed by atoms with van der Waals surface area (Å²) in [6.07, 6.45) is 5.14. The van der Waals surface area contributed by atoms with E-state index in [1.165, 1.54) is 0 Å². The highest BCUT2D eigenvalue weighted by molar-refractivity contribution is 5.55. The van der Waals surface area contributed by atoms with E-state index in [-0.39, 0.29) is 0 Å². The van der Waals surface area contributed by atoms with Gasteiger partial charge in [-0.25, -0.2) is 4.98 Å². The van der Waals surface area contributed by atoms with Crippen LogP contribution in [0.2, 0.25) is 0 Å². The summed E-state index contributed by atoms with van der Waals surface area (Å²) in [5.74, 6) is 0.753. The second-order valence-electron chi connectivity index (χ2n) is 2.88. The zero-order valence-corrected chi connectivity index (χ0v) is 8.10. The largest absolute Gasteiger partial charge is 0.372 e. The zero-order chi connectivity index (χ0) is 9.97. The van der Waals surface area contributed by atoms with Crippen molar-refractivity contribution >= 4 is 5.82 Å². The lowest BCUT2D eigenvalue weighted by Crippen LogP contribution is -1.98. The smallest absolute Gasteiger partial charge is 0.145 e. The van der Waals surface area contributed by atoms with Crippen LogP contribution in [0.3, 0.4) is 0 Å². The van der Waals surface area contributed by atoms with Crippen molar-refractivity contribution in [2.75, 3.05) is 12.4 Å². The molecule has 72 valence electrons. The third-order valence-corrected chi connectivity index (χ3v) is 1.97. The molecule has 0 bridgehead atoms. The monoisotopic (exact) mass is 189 g/mol. The van der Waals surface area contributed by atoms with Crippen LogP contribution in [0.5, 0.6) is 0 Å². The number of nitrogens with one attached hydrogen (secondary N) is 1. The van der Waals surface area contributed by atoms with E-state index in [2.05, 4.69) is 20.4 Å². The fraction of sp³-hybridized carbons (Fsp3) is 0.222. The summed E-state index contributed by atoms with van der Waals surface area (Å²) in [6, 6.07) is 1.91. The maximum absolute atomic E-state index is 4.36. The molecule has 0 aromatic carbocycles. The molecule has 0 aliphatic heterocycles. The number of rotatable bonds is 2. The van der Waals surface area contributed by atoms with Gasteiger partial charge in [-0.2, -0.15) is 5.10 Å². The third-order valence-electron chi connectivity index (χ3n) is 1.97. The summed E-state index contributed by atoms with van der Waals surface area (Å²) < 4.78 is 1.77. The number of hydrogen-bond acceptors (Lipinski definition) is 4. The average Bonchev–Trinajstić information content (AvgIpc) is 2.65. The average molecular weight is 189 g/mol. The maximum Gasteiger partial charge on any atom is 0.145 e. The van der Waals surface area contributed by atoms with Gasteiger partial charge in [0.05, 0.1) is 18.1 Å². The Morgan fingerprint density at radius 1 is 1.36 bits per heavy atom. The molecule has 14 heavy (non-hydrogen) atoms. The van der Waals surface area contributed by atoms with Crippen molar-refractivity contribution in [3.63, 3.8) is 0 Å². The van der Waals surface area contributed by atoms with Crippen molar-refractivity contribution in [1.29, 1.82) is 0 Å². The molecule has 2 aromatic heterocycles. The Balaban J connectivity index is 2.47. The topological polar surface area (TPSA) is 55.6 Å². The molecular formula is C9H11N5. The first kappa shape index (κ1) is 8.68. The van der Waals surface area contributed by atoms with Gasteiger partial charge >= 0.3 is 0 Å². The molecule has 0 amide bonds. The first-order chi connectivity index (χ1) is 6.81. The Hall–Kier alpha value is -1.91. The van der Waals surface area contributed by atoms with Crippen LogP contribution in [-0.2, 0) is 7.05 Å². The van der Waals surface area contributed by atoms with Gasteiger partial charge in [-0.3, -0.25) is 9.67 Å². The fourth-order valence-corrected chi connectivity index (χ4v) is 1.23. The summed E-state index contributed by atoms with van der Waals surface area (Å²) in [4.78, 5) is 8.45. The molecule has 2 rings (SSSR count). The van der Waals surface area contributed by atoms with Gasteiger partial charge in [0.2, 0.25) is 0 Å². The summed E-state index contributed by atoms with van der Waals surface area (Å²) in [7, 11) is 3.69. The number of aromatic nitrogens is 4. The van der Waals surface area contributed by atoms with Gasteiger partial charge < -0.3 is 5.32 Å². The van der Waals surface area contributed by atoms with Gasteiger partial charge in [0.25, 0.3) is 0 Å². The highest BCUT2D eigenvalue weighted by atomic mass is 15.3. The zero-order valence-electron chi connectivity index (χ0n) is 8.10. The Kier molecular flexibility index (Phi) is 2.14. The number of aryl methyl sites for hydroxylation is 1. The predicted molar refractivity (Wildman–Crippen MR) is 53.8 cm³/mol. The van der Waals surface area contributed by atoms with Crippen molar-refractivity contribution in [2.24, 2.45) is 7.05 Å². The lowest BCUT2D eigenvalue weighted by Gasteiger charge is -2.02. The molecule has 0 aliphatic carbocycles. The first-order valence-electron chi connectivity index (χ1n) is 4.29. The van der Waals surface area contributed by atoms with Crippen molar-refractivity contribution < 1.29 is 0 Å². The Morgan fingerprint density at radius 3 is 2.86 bits per heavy atom. The van der Waals surface area contributed by atoms with E-state index in [4.69, 9.17) is 0 Å². The van der Waals surface area contributed by atoms with Crippen LogP contribution < -0.4 is 5.32 Å². The molecular weight excluding hydrogens is 178 g/mol. The summed E-state index contributed by atoms with van der Waals surface area (Å²) in [5.41, 5.74) is 1.77. The van der Waals surface area contributed by atoms with Gasteiger partial charge in [0, 0.05) is 20.3 Å². The molecule has 5 heteroatoms. The summed E-state index contributed by atoms with van der Waals surface area (Å²) >= 11 is 0. The minimum Gasteiger partial charge on any atom is -0.372 e. The first-order valence-corrected chi connectivity index (χ1v) is 4.29. The lowest BCUT2D eigenvalue weighted by molar-refractivity contribution is 0.773.